The van der Waals surface area contributed by atoms with Gasteiger partial charge in [-0.3, -0.25) is 9.20 Å². The fraction of sp³-hybridized carbons (Fsp3) is 0.190. The molecule has 4 aromatic rings. The Balaban J connectivity index is 1.66. The van der Waals surface area contributed by atoms with Gasteiger partial charge in [0.25, 0.3) is 0 Å². The zero-order valence-corrected chi connectivity index (χ0v) is 16.2. The molecule has 0 unspecified atom stereocenters. The van der Waals surface area contributed by atoms with Crippen molar-refractivity contribution >= 4 is 34.1 Å². The highest BCUT2D eigenvalue weighted by Gasteiger charge is 2.14. The Morgan fingerprint density at radius 2 is 1.85 bits per heavy atom. The van der Waals surface area contributed by atoms with Crippen LogP contribution in [-0.2, 0) is 0 Å². The van der Waals surface area contributed by atoms with Crippen LogP contribution in [0, 0.1) is 13.8 Å². The number of nitrogens with zero attached hydrogens (tertiary/aromatic N) is 3. The number of fused-ring (bicyclic) bond motifs is 3. The first-order valence-corrected chi connectivity index (χ1v) is 9.60. The van der Waals surface area contributed by atoms with Gasteiger partial charge in [0.05, 0.1) is 18.4 Å². The molecule has 0 saturated heterocycles. The summed E-state index contributed by atoms with van der Waals surface area (Å²) in [6.45, 7) is 4.09. The van der Waals surface area contributed by atoms with Crippen LogP contribution < -0.4 is 4.74 Å². The van der Waals surface area contributed by atoms with E-state index in [-0.39, 0.29) is 5.78 Å². The predicted octanol–water partition coefficient (Wildman–Crippen LogP) is 4.48. The first-order valence-electron chi connectivity index (χ1n) is 8.62. The molecular weight excluding hydrogens is 358 g/mol. The summed E-state index contributed by atoms with van der Waals surface area (Å²) in [7, 11) is 1.61. The third kappa shape index (κ3) is 3.28. The van der Waals surface area contributed by atoms with E-state index >= 15 is 0 Å². The third-order valence-corrected chi connectivity index (χ3v) is 5.46. The number of hydrogen-bond acceptors (Lipinski definition) is 5. The Hall–Kier alpha value is -2.86. The summed E-state index contributed by atoms with van der Waals surface area (Å²) in [5, 5.41) is 10.5. The van der Waals surface area contributed by atoms with Crippen molar-refractivity contribution in [1.29, 1.82) is 0 Å². The maximum absolute atomic E-state index is 12.5. The van der Waals surface area contributed by atoms with Gasteiger partial charge >= 0.3 is 0 Å². The molecule has 136 valence electrons. The van der Waals surface area contributed by atoms with Crippen LogP contribution in [0.5, 0.6) is 5.75 Å². The minimum absolute atomic E-state index is 0.0487. The molecule has 0 aliphatic carbocycles. The van der Waals surface area contributed by atoms with Gasteiger partial charge in [0.2, 0.25) is 0 Å². The number of rotatable bonds is 5. The fourth-order valence-corrected chi connectivity index (χ4v) is 3.93. The highest BCUT2D eigenvalue weighted by Crippen LogP contribution is 2.27. The van der Waals surface area contributed by atoms with E-state index in [0.717, 1.165) is 33.0 Å². The van der Waals surface area contributed by atoms with Crippen LogP contribution in [-0.4, -0.2) is 33.2 Å². The molecule has 0 bridgehead atoms. The molecule has 0 fully saturated rings. The predicted molar refractivity (Wildman–Crippen MR) is 108 cm³/mol. The summed E-state index contributed by atoms with van der Waals surface area (Å²) in [6, 6.07) is 15.6. The number of hydrogen-bond donors (Lipinski definition) is 0. The van der Waals surface area contributed by atoms with E-state index in [9.17, 15) is 4.79 Å². The molecule has 0 aliphatic heterocycles. The summed E-state index contributed by atoms with van der Waals surface area (Å²) in [4.78, 5) is 12.5. The highest BCUT2D eigenvalue weighted by molar-refractivity contribution is 7.99. The molecule has 0 aliphatic rings. The number of aryl methyl sites for hydroxylation is 2. The van der Waals surface area contributed by atoms with Crippen molar-refractivity contribution in [3.05, 3.63) is 65.2 Å². The van der Waals surface area contributed by atoms with Gasteiger partial charge in [0.15, 0.2) is 16.6 Å². The van der Waals surface area contributed by atoms with Crippen LogP contribution in [0.2, 0.25) is 0 Å². The molecule has 2 aromatic carbocycles. The van der Waals surface area contributed by atoms with Crippen molar-refractivity contribution in [3.8, 4) is 5.75 Å². The standard InChI is InChI=1S/C21H19N3O2S/c1-13-4-5-16-11-14(2)20-22-23-21(24(20)18(16)10-13)27-12-19(25)15-6-8-17(26-3)9-7-15/h4-11H,12H2,1-3H3. The maximum Gasteiger partial charge on any atom is 0.196 e. The lowest BCUT2D eigenvalue weighted by Gasteiger charge is -2.08. The quantitative estimate of drug-likeness (QED) is 0.379. The number of pyridine rings is 1. The monoisotopic (exact) mass is 377 g/mol. The van der Waals surface area contributed by atoms with Crippen LogP contribution in [0.25, 0.3) is 16.6 Å². The third-order valence-electron chi connectivity index (χ3n) is 4.53. The number of ketones is 1. The van der Waals surface area contributed by atoms with E-state index in [1.54, 1.807) is 31.4 Å². The molecule has 27 heavy (non-hydrogen) atoms. The number of benzene rings is 2. The van der Waals surface area contributed by atoms with E-state index in [0.29, 0.717) is 11.3 Å². The second-order valence-corrected chi connectivity index (χ2v) is 7.41. The van der Waals surface area contributed by atoms with Crippen molar-refractivity contribution in [2.24, 2.45) is 0 Å². The van der Waals surface area contributed by atoms with Crippen LogP contribution in [0.3, 0.4) is 0 Å². The Bertz CT molecular complexity index is 1150. The number of methoxy groups -OCH3 is 1. The summed E-state index contributed by atoms with van der Waals surface area (Å²) in [5.74, 6) is 1.08. The van der Waals surface area contributed by atoms with Gasteiger partial charge in [-0.25, -0.2) is 0 Å². The molecule has 0 saturated carbocycles. The second kappa shape index (κ2) is 7.04. The smallest absolute Gasteiger partial charge is 0.196 e. The average molecular weight is 377 g/mol. The lowest BCUT2D eigenvalue weighted by molar-refractivity contribution is 0.102. The number of carbonyl (C=O) groups excluding carboxylic acids is 1. The van der Waals surface area contributed by atoms with Crippen molar-refractivity contribution < 1.29 is 9.53 Å². The van der Waals surface area contributed by atoms with Gasteiger partial charge < -0.3 is 4.74 Å². The molecule has 0 amide bonds. The fourth-order valence-electron chi connectivity index (χ4n) is 3.09. The molecule has 6 heteroatoms. The Kier molecular flexibility index (Phi) is 4.58. The zero-order chi connectivity index (χ0) is 19.0. The number of Topliss-reactive ketones (excluding diaryl/α,β-unsaturated/α-hetero) is 1. The van der Waals surface area contributed by atoms with Crippen LogP contribution >= 0.6 is 11.8 Å². The first kappa shape index (κ1) is 17.5. The van der Waals surface area contributed by atoms with Crippen LogP contribution in [0.15, 0.2) is 53.7 Å². The number of carbonyl (C=O) groups is 1. The van der Waals surface area contributed by atoms with Gasteiger partial charge in [0, 0.05) is 5.56 Å². The second-order valence-electron chi connectivity index (χ2n) is 6.47. The molecular formula is C21H19N3O2S. The van der Waals surface area contributed by atoms with E-state index in [4.69, 9.17) is 4.74 Å². The summed E-state index contributed by atoms with van der Waals surface area (Å²) in [6.07, 6.45) is 0. The SMILES string of the molecule is COc1ccc(C(=O)CSc2nnc3c(C)cc4ccc(C)cc4n23)cc1. The Labute approximate surface area is 161 Å². The summed E-state index contributed by atoms with van der Waals surface area (Å²) < 4.78 is 7.18. The van der Waals surface area contributed by atoms with E-state index in [1.165, 1.54) is 17.3 Å². The van der Waals surface area contributed by atoms with E-state index < -0.39 is 0 Å². The molecule has 2 heterocycles. The molecule has 0 radical (unpaired) electrons. The number of aromatic nitrogens is 3. The largest absolute Gasteiger partial charge is 0.497 e. The Morgan fingerprint density at radius 1 is 1.07 bits per heavy atom. The minimum Gasteiger partial charge on any atom is -0.497 e. The highest BCUT2D eigenvalue weighted by atomic mass is 32.2. The van der Waals surface area contributed by atoms with Gasteiger partial charge in [-0.15, -0.1) is 10.2 Å². The van der Waals surface area contributed by atoms with Crippen molar-refractivity contribution in [1.82, 2.24) is 14.6 Å². The maximum atomic E-state index is 12.5. The summed E-state index contributed by atoms with van der Waals surface area (Å²) >= 11 is 1.41. The molecule has 0 atom stereocenters. The van der Waals surface area contributed by atoms with E-state index in [1.807, 2.05) is 11.3 Å². The van der Waals surface area contributed by atoms with Gasteiger partial charge in [-0.2, -0.15) is 0 Å². The number of ether oxygens (including phenoxy) is 1. The lowest BCUT2D eigenvalue weighted by Crippen LogP contribution is -2.03. The van der Waals surface area contributed by atoms with Crippen LogP contribution in [0.1, 0.15) is 21.5 Å². The van der Waals surface area contributed by atoms with Crippen LogP contribution in [0.4, 0.5) is 0 Å². The average Bonchev–Trinajstić information content (AvgIpc) is 3.12. The molecule has 2 aromatic heterocycles. The Morgan fingerprint density at radius 3 is 2.59 bits per heavy atom. The summed E-state index contributed by atoms with van der Waals surface area (Å²) in [5.41, 5.74) is 4.78. The van der Waals surface area contributed by atoms with Crippen molar-refractivity contribution in [2.75, 3.05) is 12.9 Å². The van der Waals surface area contributed by atoms with Gasteiger partial charge in [-0.05, 0) is 66.8 Å². The lowest BCUT2D eigenvalue weighted by atomic mass is 10.1. The minimum atomic E-state index is 0.0487. The van der Waals surface area contributed by atoms with Gasteiger partial charge in [-0.1, -0.05) is 23.9 Å². The number of thioether (sulfide) groups is 1. The molecule has 0 spiro atoms. The van der Waals surface area contributed by atoms with Crippen molar-refractivity contribution in [2.45, 2.75) is 19.0 Å². The molecule has 4 rings (SSSR count). The van der Waals surface area contributed by atoms with E-state index in [2.05, 4.69) is 41.4 Å². The first-order chi connectivity index (χ1) is 13.1. The van der Waals surface area contributed by atoms with Crippen molar-refractivity contribution in [3.63, 3.8) is 0 Å². The topological polar surface area (TPSA) is 56.5 Å². The normalized spacial score (nSPS) is 11.2. The zero-order valence-electron chi connectivity index (χ0n) is 15.4. The van der Waals surface area contributed by atoms with Gasteiger partial charge in [0.1, 0.15) is 5.75 Å². The molecule has 5 nitrogen and oxygen atoms in total. The molecule has 0 N–H and O–H groups in total.